The van der Waals surface area contributed by atoms with Gasteiger partial charge in [-0.15, -0.1) is 0 Å². The molecule has 0 aliphatic heterocycles. The Morgan fingerprint density at radius 1 is 1.07 bits per heavy atom. The quantitative estimate of drug-likeness (QED) is 0.450. The minimum absolute atomic E-state index is 0.0319. The van der Waals surface area contributed by atoms with Crippen LogP contribution in [-0.4, -0.2) is 24.1 Å². The van der Waals surface area contributed by atoms with Gasteiger partial charge < -0.3 is 4.43 Å². The highest BCUT2D eigenvalue weighted by Gasteiger charge is 2.40. The van der Waals surface area contributed by atoms with E-state index in [0.29, 0.717) is 5.02 Å². The van der Waals surface area contributed by atoms with Crippen LogP contribution in [0.4, 0.5) is 0 Å². The summed E-state index contributed by atoms with van der Waals surface area (Å²) in [5.41, 5.74) is 3.45. The van der Waals surface area contributed by atoms with Crippen LogP contribution < -0.4 is 0 Å². The van der Waals surface area contributed by atoms with E-state index >= 15 is 0 Å². The number of halogens is 1. The van der Waals surface area contributed by atoms with Gasteiger partial charge in [-0.25, -0.2) is 4.68 Å². The highest BCUT2D eigenvalue weighted by Crippen LogP contribution is 2.37. The fourth-order valence-corrected chi connectivity index (χ4v) is 3.81. The van der Waals surface area contributed by atoms with Crippen LogP contribution in [0.1, 0.15) is 26.3 Å². The first kappa shape index (κ1) is 21.3. The summed E-state index contributed by atoms with van der Waals surface area (Å²) in [4.78, 5) is 12.8. The molecule has 0 unspecified atom stereocenters. The molecule has 3 aromatic rings. The van der Waals surface area contributed by atoms with E-state index in [9.17, 15) is 4.79 Å². The average molecular weight is 427 g/mol. The van der Waals surface area contributed by atoms with Crippen molar-refractivity contribution in [2.45, 2.75) is 45.3 Å². The highest BCUT2D eigenvalue weighted by molar-refractivity contribution is 6.75. The fraction of sp³-hybridized carbons (Fsp3) is 0.304. The van der Waals surface area contributed by atoms with Crippen molar-refractivity contribution in [2.24, 2.45) is 0 Å². The van der Waals surface area contributed by atoms with Crippen LogP contribution in [0.2, 0.25) is 23.2 Å². The molecule has 6 heteroatoms. The molecule has 0 amide bonds. The van der Waals surface area contributed by atoms with E-state index in [-0.39, 0.29) is 17.4 Å². The lowest BCUT2D eigenvalue weighted by molar-refractivity contribution is -0.134. The fourth-order valence-electron chi connectivity index (χ4n) is 2.73. The largest absolute Gasteiger partial charge is 0.519 e. The summed E-state index contributed by atoms with van der Waals surface area (Å²) in [6.45, 7) is 10.5. The Labute approximate surface area is 178 Å². The number of rotatable bonds is 5. The maximum absolute atomic E-state index is 12.8. The normalized spacial score (nSPS) is 12.1. The van der Waals surface area contributed by atoms with E-state index < -0.39 is 8.32 Å². The van der Waals surface area contributed by atoms with Gasteiger partial charge in [-0.1, -0.05) is 62.7 Å². The Kier molecular flexibility index (Phi) is 6.01. The topological polar surface area (TPSA) is 44.1 Å². The molecule has 0 bridgehead atoms. The van der Waals surface area contributed by atoms with Crippen molar-refractivity contribution in [3.05, 3.63) is 71.4 Å². The maximum Gasteiger partial charge on any atom is 0.297 e. The summed E-state index contributed by atoms with van der Waals surface area (Å²) >= 11 is 6.04. The third kappa shape index (κ3) is 4.97. The predicted molar refractivity (Wildman–Crippen MR) is 121 cm³/mol. The van der Waals surface area contributed by atoms with Crippen molar-refractivity contribution in [1.29, 1.82) is 0 Å². The van der Waals surface area contributed by atoms with E-state index in [0.717, 1.165) is 22.5 Å². The minimum Gasteiger partial charge on any atom is -0.519 e. The van der Waals surface area contributed by atoms with Gasteiger partial charge in [0.2, 0.25) is 0 Å². The van der Waals surface area contributed by atoms with Crippen LogP contribution in [-0.2, 0) is 15.6 Å². The zero-order valence-electron chi connectivity index (χ0n) is 17.6. The molecule has 0 saturated carbocycles. The molecule has 1 aromatic heterocycles. The first-order chi connectivity index (χ1) is 13.6. The Hall–Kier alpha value is -2.37. The molecule has 0 spiro atoms. The predicted octanol–water partition coefficient (Wildman–Crippen LogP) is 6.28. The van der Waals surface area contributed by atoms with Gasteiger partial charge in [-0.05, 0) is 42.4 Å². The van der Waals surface area contributed by atoms with Crippen LogP contribution in [0.15, 0.2) is 60.8 Å². The number of hydrogen-bond acceptors (Lipinski definition) is 3. The zero-order valence-corrected chi connectivity index (χ0v) is 19.3. The molecule has 0 aliphatic carbocycles. The molecular weight excluding hydrogens is 400 g/mol. The van der Waals surface area contributed by atoms with Gasteiger partial charge in [0, 0.05) is 22.3 Å². The van der Waals surface area contributed by atoms with Crippen LogP contribution in [0.5, 0.6) is 0 Å². The number of para-hydroxylation sites is 1. The highest BCUT2D eigenvalue weighted by atomic mass is 35.5. The lowest BCUT2D eigenvalue weighted by Crippen LogP contribution is -2.43. The number of carbonyl (C=O) groups excluding carboxylic acids is 1. The summed E-state index contributed by atoms with van der Waals surface area (Å²) in [5, 5.41) is 5.39. The lowest BCUT2D eigenvalue weighted by atomic mass is 10.1. The summed E-state index contributed by atoms with van der Waals surface area (Å²) in [6.07, 6.45) is 2.09. The van der Waals surface area contributed by atoms with Crippen LogP contribution in [0.25, 0.3) is 16.9 Å². The molecule has 3 rings (SSSR count). The molecule has 2 aromatic carbocycles. The van der Waals surface area contributed by atoms with Crippen molar-refractivity contribution >= 4 is 25.9 Å². The molecule has 0 atom stereocenters. The second kappa shape index (κ2) is 8.17. The van der Waals surface area contributed by atoms with Crippen LogP contribution >= 0.6 is 11.6 Å². The molecule has 0 N–H and O–H groups in total. The van der Waals surface area contributed by atoms with Crippen molar-refractivity contribution in [1.82, 2.24) is 9.78 Å². The van der Waals surface area contributed by atoms with Gasteiger partial charge in [0.1, 0.15) is 0 Å². The lowest BCUT2D eigenvalue weighted by Gasteiger charge is -2.35. The van der Waals surface area contributed by atoms with Crippen LogP contribution in [0, 0.1) is 0 Å². The Morgan fingerprint density at radius 2 is 1.69 bits per heavy atom. The summed E-state index contributed by atoms with van der Waals surface area (Å²) < 4.78 is 7.78. The number of benzene rings is 2. The van der Waals surface area contributed by atoms with E-state index in [1.807, 2.05) is 60.8 Å². The molecule has 0 aliphatic rings. The van der Waals surface area contributed by atoms with Gasteiger partial charge in [-0.2, -0.15) is 5.10 Å². The standard InChI is InChI=1S/C23H27ClN2O2Si/c1-23(2,3)29(4,5)28-21(27)15-18-16-26(20-9-7-6-8-10-20)25-22(18)17-11-13-19(24)14-12-17/h6-14,16H,15H2,1-5H3. The number of nitrogens with zero attached hydrogens (tertiary/aromatic N) is 2. The Morgan fingerprint density at radius 3 is 2.28 bits per heavy atom. The van der Waals surface area contributed by atoms with E-state index in [4.69, 9.17) is 21.1 Å². The first-order valence-electron chi connectivity index (χ1n) is 9.68. The Bertz CT molecular complexity index is 990. The van der Waals surface area contributed by atoms with E-state index in [1.54, 1.807) is 4.68 Å². The number of carbonyl (C=O) groups is 1. The van der Waals surface area contributed by atoms with Crippen molar-refractivity contribution in [3.8, 4) is 16.9 Å². The summed E-state index contributed by atoms with van der Waals surface area (Å²) in [7, 11) is -2.18. The van der Waals surface area contributed by atoms with Gasteiger partial charge in [-0.3, -0.25) is 4.79 Å². The molecule has 0 radical (unpaired) electrons. The third-order valence-corrected chi connectivity index (χ3v) is 10.0. The Balaban J connectivity index is 1.95. The van der Waals surface area contributed by atoms with Crippen molar-refractivity contribution < 1.29 is 9.22 Å². The molecule has 1 heterocycles. The van der Waals surface area contributed by atoms with E-state index in [2.05, 4.69) is 33.9 Å². The van der Waals surface area contributed by atoms with Crippen molar-refractivity contribution in [2.75, 3.05) is 0 Å². The zero-order chi connectivity index (χ0) is 21.2. The summed E-state index contributed by atoms with van der Waals surface area (Å²) in [5.74, 6) is -0.209. The molecule has 0 saturated heterocycles. The molecular formula is C23H27ClN2O2Si. The van der Waals surface area contributed by atoms with Crippen molar-refractivity contribution in [3.63, 3.8) is 0 Å². The maximum atomic E-state index is 12.8. The smallest absolute Gasteiger partial charge is 0.297 e. The van der Waals surface area contributed by atoms with Gasteiger partial charge >= 0.3 is 0 Å². The SMILES string of the molecule is CC(C)(C)[Si](C)(C)OC(=O)Cc1cn(-c2ccccc2)nc1-c1ccc(Cl)cc1. The first-order valence-corrected chi connectivity index (χ1v) is 13.0. The second-order valence-electron chi connectivity index (χ2n) is 8.70. The molecule has 29 heavy (non-hydrogen) atoms. The van der Waals surface area contributed by atoms with E-state index in [1.165, 1.54) is 0 Å². The molecule has 152 valence electrons. The van der Waals surface area contributed by atoms with Gasteiger partial charge in [0.15, 0.2) is 0 Å². The minimum atomic E-state index is -2.18. The van der Waals surface area contributed by atoms with Gasteiger partial charge in [0.25, 0.3) is 14.3 Å². The number of hydrogen-bond donors (Lipinski definition) is 0. The summed E-state index contributed by atoms with van der Waals surface area (Å²) in [6, 6.07) is 17.4. The molecule has 0 fully saturated rings. The van der Waals surface area contributed by atoms with Gasteiger partial charge in [0.05, 0.1) is 17.8 Å². The number of aromatic nitrogens is 2. The average Bonchev–Trinajstić information content (AvgIpc) is 3.05. The molecule has 4 nitrogen and oxygen atoms in total. The van der Waals surface area contributed by atoms with Crippen LogP contribution in [0.3, 0.4) is 0 Å². The monoisotopic (exact) mass is 426 g/mol. The second-order valence-corrected chi connectivity index (χ2v) is 13.9. The third-order valence-electron chi connectivity index (χ3n) is 5.44.